The second-order valence-corrected chi connectivity index (χ2v) is 5.01. The molecule has 94 valence electrons. The molecular weight excluding hydrogens is 242 g/mol. The Hall–Kier alpha value is -1.45. The number of aromatic nitrogens is 1. The maximum atomic E-state index is 5.72. The summed E-state index contributed by atoms with van der Waals surface area (Å²) in [6.07, 6.45) is 4.16. The Labute approximate surface area is 112 Å². The lowest BCUT2D eigenvalue weighted by molar-refractivity contribution is 0.0886. The van der Waals surface area contributed by atoms with Gasteiger partial charge in [-0.25, -0.2) is 4.98 Å². The number of benzene rings is 1. The van der Waals surface area contributed by atoms with Gasteiger partial charge in [0.2, 0.25) is 0 Å². The third-order valence-electron chi connectivity index (χ3n) is 2.54. The van der Waals surface area contributed by atoms with E-state index < -0.39 is 0 Å². The summed E-state index contributed by atoms with van der Waals surface area (Å²) in [5.74, 6) is 0. The zero-order chi connectivity index (χ0) is 12.8. The predicted molar refractivity (Wildman–Crippen MR) is 76.7 cm³/mol. The van der Waals surface area contributed by atoms with E-state index in [9.17, 15) is 0 Å². The molecular formula is C15H17NOS. The highest BCUT2D eigenvalue weighted by Gasteiger charge is 2.08. The molecule has 0 fully saturated rings. The van der Waals surface area contributed by atoms with E-state index in [0.717, 1.165) is 10.7 Å². The molecule has 0 bridgehead atoms. The zero-order valence-electron chi connectivity index (χ0n) is 10.7. The number of hydrogen-bond acceptors (Lipinski definition) is 3. The lowest BCUT2D eigenvalue weighted by Gasteiger charge is -2.07. The first-order chi connectivity index (χ1) is 8.75. The molecule has 0 aliphatic heterocycles. The van der Waals surface area contributed by atoms with E-state index >= 15 is 0 Å². The smallest absolute Gasteiger partial charge is 0.121 e. The number of thiazole rings is 1. The minimum atomic E-state index is 0.0594. The minimum Gasteiger partial charge on any atom is -0.367 e. The van der Waals surface area contributed by atoms with Crippen molar-refractivity contribution in [2.24, 2.45) is 0 Å². The fourth-order valence-electron chi connectivity index (χ4n) is 1.58. The molecule has 1 heterocycles. The van der Waals surface area contributed by atoms with Crippen LogP contribution in [0.1, 0.15) is 29.3 Å². The quantitative estimate of drug-likeness (QED) is 0.801. The number of hydrogen-bond donors (Lipinski definition) is 0. The van der Waals surface area contributed by atoms with Gasteiger partial charge in [-0.3, -0.25) is 0 Å². The Morgan fingerprint density at radius 1 is 1.33 bits per heavy atom. The fraction of sp³-hybridized carbons (Fsp3) is 0.267. The highest BCUT2D eigenvalue weighted by atomic mass is 32.1. The second kappa shape index (κ2) is 6.47. The highest BCUT2D eigenvalue weighted by Crippen LogP contribution is 2.20. The van der Waals surface area contributed by atoms with Crippen LogP contribution in [-0.2, 0) is 4.74 Å². The normalized spacial score (nSPS) is 13.0. The number of rotatable bonds is 5. The van der Waals surface area contributed by atoms with Gasteiger partial charge < -0.3 is 4.74 Å². The van der Waals surface area contributed by atoms with Crippen molar-refractivity contribution in [3.8, 4) is 0 Å². The SMILES string of the molecule is Cc1csc(C(C)OC/C=C/c2ccccc2)n1. The first-order valence-electron chi connectivity index (χ1n) is 6.01. The summed E-state index contributed by atoms with van der Waals surface area (Å²) >= 11 is 1.65. The molecule has 18 heavy (non-hydrogen) atoms. The molecule has 2 rings (SSSR count). The Balaban J connectivity index is 1.80. The molecule has 0 aliphatic rings. The summed E-state index contributed by atoms with van der Waals surface area (Å²) in [5, 5.41) is 3.09. The van der Waals surface area contributed by atoms with Crippen LogP contribution in [0.3, 0.4) is 0 Å². The molecule has 0 N–H and O–H groups in total. The van der Waals surface area contributed by atoms with Crippen LogP contribution in [0.25, 0.3) is 6.08 Å². The van der Waals surface area contributed by atoms with Gasteiger partial charge in [0, 0.05) is 11.1 Å². The summed E-state index contributed by atoms with van der Waals surface area (Å²) in [6.45, 7) is 4.64. The van der Waals surface area contributed by atoms with Crippen molar-refractivity contribution in [1.82, 2.24) is 4.98 Å². The number of ether oxygens (including phenoxy) is 1. The van der Waals surface area contributed by atoms with Gasteiger partial charge in [-0.15, -0.1) is 11.3 Å². The monoisotopic (exact) mass is 259 g/mol. The summed E-state index contributed by atoms with van der Waals surface area (Å²) < 4.78 is 5.72. The minimum absolute atomic E-state index is 0.0594. The maximum Gasteiger partial charge on any atom is 0.121 e. The first-order valence-corrected chi connectivity index (χ1v) is 6.89. The Kier molecular flexibility index (Phi) is 4.67. The predicted octanol–water partition coefficient (Wildman–Crippen LogP) is 4.24. The van der Waals surface area contributed by atoms with Crippen LogP contribution in [0.5, 0.6) is 0 Å². The van der Waals surface area contributed by atoms with Crippen LogP contribution in [0.15, 0.2) is 41.8 Å². The zero-order valence-corrected chi connectivity index (χ0v) is 11.5. The van der Waals surface area contributed by atoms with E-state index in [0.29, 0.717) is 6.61 Å². The standard InChI is InChI=1S/C15H17NOS/c1-12-11-18-15(16-12)13(2)17-10-6-9-14-7-4-3-5-8-14/h3-9,11,13H,10H2,1-2H3/b9-6+. The molecule has 1 aromatic carbocycles. The Morgan fingerprint density at radius 3 is 2.78 bits per heavy atom. The largest absolute Gasteiger partial charge is 0.367 e. The third kappa shape index (κ3) is 3.79. The van der Waals surface area contributed by atoms with Gasteiger partial charge in [0.15, 0.2) is 0 Å². The van der Waals surface area contributed by atoms with Gasteiger partial charge in [-0.05, 0) is 19.4 Å². The van der Waals surface area contributed by atoms with Crippen molar-refractivity contribution in [3.63, 3.8) is 0 Å². The van der Waals surface area contributed by atoms with Crippen LogP contribution >= 0.6 is 11.3 Å². The fourth-order valence-corrected chi connectivity index (χ4v) is 2.38. The van der Waals surface area contributed by atoms with Crippen molar-refractivity contribution in [3.05, 3.63) is 58.1 Å². The lowest BCUT2D eigenvalue weighted by atomic mass is 10.2. The van der Waals surface area contributed by atoms with E-state index in [1.807, 2.05) is 38.1 Å². The molecule has 0 amide bonds. The van der Waals surface area contributed by atoms with Crippen LogP contribution in [0.2, 0.25) is 0 Å². The number of nitrogens with zero attached hydrogens (tertiary/aromatic N) is 1. The lowest BCUT2D eigenvalue weighted by Crippen LogP contribution is -1.99. The van der Waals surface area contributed by atoms with Crippen molar-refractivity contribution < 1.29 is 4.74 Å². The van der Waals surface area contributed by atoms with Crippen LogP contribution in [0, 0.1) is 6.92 Å². The first kappa shape index (κ1) is 13.0. The van der Waals surface area contributed by atoms with Crippen LogP contribution in [-0.4, -0.2) is 11.6 Å². The number of aryl methyl sites for hydroxylation is 1. The summed E-state index contributed by atoms with van der Waals surface area (Å²) in [6, 6.07) is 10.2. The van der Waals surface area contributed by atoms with Gasteiger partial charge in [-0.2, -0.15) is 0 Å². The van der Waals surface area contributed by atoms with Gasteiger partial charge in [-0.1, -0.05) is 42.5 Å². The maximum absolute atomic E-state index is 5.72. The van der Waals surface area contributed by atoms with Gasteiger partial charge in [0.05, 0.1) is 6.61 Å². The van der Waals surface area contributed by atoms with Gasteiger partial charge in [0.25, 0.3) is 0 Å². The van der Waals surface area contributed by atoms with Gasteiger partial charge >= 0.3 is 0 Å². The average molecular weight is 259 g/mol. The second-order valence-electron chi connectivity index (χ2n) is 4.12. The molecule has 1 unspecified atom stereocenters. The molecule has 0 spiro atoms. The van der Waals surface area contributed by atoms with Crippen molar-refractivity contribution in [2.75, 3.05) is 6.61 Å². The summed E-state index contributed by atoms with van der Waals surface area (Å²) in [7, 11) is 0. The molecule has 0 saturated carbocycles. The Bertz CT molecular complexity index is 504. The topological polar surface area (TPSA) is 22.1 Å². The molecule has 3 heteroatoms. The van der Waals surface area contributed by atoms with E-state index in [4.69, 9.17) is 4.74 Å². The molecule has 2 aromatic rings. The molecule has 0 radical (unpaired) electrons. The molecule has 0 saturated heterocycles. The summed E-state index contributed by atoms with van der Waals surface area (Å²) in [5.41, 5.74) is 2.25. The van der Waals surface area contributed by atoms with E-state index in [1.54, 1.807) is 11.3 Å². The molecule has 1 atom stereocenters. The third-order valence-corrected chi connectivity index (χ3v) is 3.66. The van der Waals surface area contributed by atoms with E-state index in [2.05, 4.69) is 28.6 Å². The van der Waals surface area contributed by atoms with Crippen LogP contribution in [0.4, 0.5) is 0 Å². The van der Waals surface area contributed by atoms with Crippen molar-refractivity contribution in [1.29, 1.82) is 0 Å². The molecule has 2 nitrogen and oxygen atoms in total. The van der Waals surface area contributed by atoms with Crippen molar-refractivity contribution in [2.45, 2.75) is 20.0 Å². The molecule has 0 aliphatic carbocycles. The van der Waals surface area contributed by atoms with Crippen molar-refractivity contribution >= 4 is 17.4 Å². The van der Waals surface area contributed by atoms with Gasteiger partial charge in [0.1, 0.15) is 11.1 Å². The molecule has 1 aromatic heterocycles. The Morgan fingerprint density at radius 2 is 2.11 bits per heavy atom. The van der Waals surface area contributed by atoms with Crippen LogP contribution < -0.4 is 0 Å². The summed E-state index contributed by atoms with van der Waals surface area (Å²) in [4.78, 5) is 4.42. The van der Waals surface area contributed by atoms with E-state index in [1.165, 1.54) is 5.56 Å². The van der Waals surface area contributed by atoms with E-state index in [-0.39, 0.29) is 6.10 Å². The highest BCUT2D eigenvalue weighted by molar-refractivity contribution is 7.09. The average Bonchev–Trinajstić information content (AvgIpc) is 2.82.